The molecule has 0 saturated carbocycles. The number of anilines is 2. The molecule has 0 spiro atoms. The van der Waals surface area contributed by atoms with Crippen LogP contribution >= 0.6 is 23.1 Å². The van der Waals surface area contributed by atoms with Crippen LogP contribution in [0.2, 0.25) is 0 Å². The number of H-pyrrole nitrogens is 1. The summed E-state index contributed by atoms with van der Waals surface area (Å²) in [5.41, 5.74) is 6.97. The number of amides is 1. The van der Waals surface area contributed by atoms with Crippen LogP contribution in [0.25, 0.3) is 10.2 Å². The van der Waals surface area contributed by atoms with Gasteiger partial charge in [-0.15, -0.1) is 23.1 Å². The van der Waals surface area contributed by atoms with E-state index in [0.29, 0.717) is 28.5 Å². The average molecular weight is 390 g/mol. The van der Waals surface area contributed by atoms with Gasteiger partial charge in [0.2, 0.25) is 5.91 Å². The van der Waals surface area contributed by atoms with E-state index in [2.05, 4.69) is 20.3 Å². The minimum Gasteiger partial charge on any atom is -0.384 e. The normalized spacial score (nSPS) is 12.3. The van der Waals surface area contributed by atoms with E-state index in [4.69, 9.17) is 5.73 Å². The summed E-state index contributed by atoms with van der Waals surface area (Å²) in [6.45, 7) is 5.72. The number of nitrogen functional groups attached to an aromatic ring is 1. The predicted molar refractivity (Wildman–Crippen MR) is 108 cm³/mol. The van der Waals surface area contributed by atoms with Crippen LogP contribution in [0.4, 0.5) is 11.5 Å². The van der Waals surface area contributed by atoms with E-state index < -0.39 is 0 Å². The number of pyridine rings is 1. The lowest BCUT2D eigenvalue weighted by molar-refractivity contribution is -0.115. The van der Waals surface area contributed by atoms with Crippen LogP contribution in [-0.2, 0) is 10.5 Å². The van der Waals surface area contributed by atoms with Crippen LogP contribution in [0.3, 0.4) is 0 Å². The van der Waals surface area contributed by atoms with Crippen molar-refractivity contribution in [2.75, 3.05) is 11.1 Å². The van der Waals surface area contributed by atoms with E-state index in [0.717, 1.165) is 15.3 Å². The Balaban J connectivity index is 1.66. The van der Waals surface area contributed by atoms with Crippen molar-refractivity contribution in [3.8, 4) is 0 Å². The first-order valence-corrected chi connectivity index (χ1v) is 9.84. The summed E-state index contributed by atoms with van der Waals surface area (Å²) in [7, 11) is 0. The highest BCUT2D eigenvalue weighted by Crippen LogP contribution is 2.26. The monoisotopic (exact) mass is 389 g/mol. The molecule has 1 atom stereocenters. The van der Waals surface area contributed by atoms with Crippen molar-refractivity contribution >= 4 is 50.7 Å². The minimum absolute atomic E-state index is 0.127. The van der Waals surface area contributed by atoms with E-state index >= 15 is 0 Å². The highest BCUT2D eigenvalue weighted by molar-refractivity contribution is 7.99. The van der Waals surface area contributed by atoms with Crippen molar-refractivity contribution in [1.82, 2.24) is 15.0 Å². The number of nitrogens with one attached hydrogen (secondary N) is 2. The summed E-state index contributed by atoms with van der Waals surface area (Å²) in [5.74, 6) is 1.26. The number of aryl methyl sites for hydroxylation is 2. The molecule has 0 aliphatic heterocycles. The maximum absolute atomic E-state index is 12.3. The molecule has 9 heteroatoms. The zero-order valence-corrected chi connectivity index (χ0v) is 16.3. The second-order valence-corrected chi connectivity index (χ2v) is 8.42. The molecule has 7 nitrogen and oxygen atoms in total. The van der Waals surface area contributed by atoms with Gasteiger partial charge in [-0.05, 0) is 38.5 Å². The van der Waals surface area contributed by atoms with E-state index in [-0.39, 0.29) is 16.7 Å². The maximum atomic E-state index is 12.3. The summed E-state index contributed by atoms with van der Waals surface area (Å²) in [5, 5.41) is 3.13. The van der Waals surface area contributed by atoms with Crippen LogP contribution in [0.15, 0.2) is 23.1 Å². The second kappa shape index (κ2) is 7.46. The topological polar surface area (TPSA) is 114 Å². The first-order chi connectivity index (χ1) is 12.3. The van der Waals surface area contributed by atoms with Gasteiger partial charge in [0.25, 0.3) is 5.56 Å². The van der Waals surface area contributed by atoms with Crippen molar-refractivity contribution in [3.63, 3.8) is 0 Å². The van der Waals surface area contributed by atoms with Crippen molar-refractivity contribution in [1.29, 1.82) is 0 Å². The Morgan fingerprint density at radius 3 is 2.88 bits per heavy atom. The third kappa shape index (κ3) is 3.88. The number of aromatic amines is 1. The lowest BCUT2D eigenvalue weighted by Crippen LogP contribution is -2.23. The number of nitrogens with zero attached hydrogens (tertiary/aromatic N) is 2. The molecule has 136 valence electrons. The number of rotatable bonds is 5. The van der Waals surface area contributed by atoms with E-state index in [1.54, 1.807) is 19.1 Å². The molecule has 3 aromatic heterocycles. The summed E-state index contributed by atoms with van der Waals surface area (Å²) in [6, 6.07) is 3.33. The van der Waals surface area contributed by atoms with Gasteiger partial charge in [0.1, 0.15) is 16.5 Å². The van der Waals surface area contributed by atoms with Gasteiger partial charge in [-0.1, -0.05) is 0 Å². The molecule has 0 radical (unpaired) electrons. The second-order valence-electron chi connectivity index (χ2n) is 5.89. The quantitative estimate of drug-likeness (QED) is 0.618. The molecule has 0 bridgehead atoms. The summed E-state index contributed by atoms with van der Waals surface area (Å²) in [4.78, 5) is 37.7. The highest BCUT2D eigenvalue weighted by atomic mass is 32.2. The minimum atomic E-state index is -0.319. The van der Waals surface area contributed by atoms with Crippen molar-refractivity contribution in [2.45, 2.75) is 31.8 Å². The van der Waals surface area contributed by atoms with Gasteiger partial charge in [-0.2, -0.15) is 0 Å². The smallest absolute Gasteiger partial charge is 0.259 e. The summed E-state index contributed by atoms with van der Waals surface area (Å²) in [6.07, 6.45) is 1.51. The summed E-state index contributed by atoms with van der Waals surface area (Å²) < 4.78 is 0. The van der Waals surface area contributed by atoms with Gasteiger partial charge in [-0.25, -0.2) is 9.97 Å². The molecule has 3 heterocycles. The fourth-order valence-corrected chi connectivity index (χ4v) is 4.17. The number of fused-ring (bicyclic) bond motifs is 1. The number of carbonyl (C=O) groups is 1. The van der Waals surface area contributed by atoms with Crippen molar-refractivity contribution in [3.05, 3.63) is 44.9 Å². The molecule has 3 rings (SSSR count). The first kappa shape index (κ1) is 18.4. The van der Waals surface area contributed by atoms with Crippen LogP contribution < -0.4 is 16.6 Å². The van der Waals surface area contributed by atoms with Gasteiger partial charge >= 0.3 is 0 Å². The number of nitrogens with two attached hydrogens (primary N) is 1. The maximum Gasteiger partial charge on any atom is 0.259 e. The molecule has 0 aliphatic rings. The van der Waals surface area contributed by atoms with Crippen LogP contribution in [0.1, 0.15) is 23.2 Å². The lowest BCUT2D eigenvalue weighted by Gasteiger charge is -2.11. The van der Waals surface area contributed by atoms with Crippen LogP contribution in [-0.4, -0.2) is 26.1 Å². The van der Waals surface area contributed by atoms with Crippen LogP contribution in [0.5, 0.6) is 0 Å². The van der Waals surface area contributed by atoms with Crippen LogP contribution in [0, 0.1) is 13.8 Å². The van der Waals surface area contributed by atoms with Crippen molar-refractivity contribution in [2.24, 2.45) is 0 Å². The lowest BCUT2D eigenvalue weighted by atomic mass is 10.2. The molecular weight excluding hydrogens is 370 g/mol. The molecular formula is C17H19N5O2S2. The number of hydrogen-bond acceptors (Lipinski definition) is 7. The molecule has 0 aromatic carbocycles. The third-order valence-corrected chi connectivity index (χ3v) is 6.24. The molecule has 0 fully saturated rings. The van der Waals surface area contributed by atoms with Gasteiger partial charge in [0, 0.05) is 4.88 Å². The molecule has 4 N–H and O–H groups in total. The number of carbonyl (C=O) groups excluding carboxylic acids is 1. The Bertz CT molecular complexity index is 1010. The molecule has 3 aromatic rings. The Morgan fingerprint density at radius 2 is 2.19 bits per heavy atom. The highest BCUT2D eigenvalue weighted by Gasteiger charge is 2.16. The largest absolute Gasteiger partial charge is 0.384 e. The van der Waals surface area contributed by atoms with Gasteiger partial charge in [0.15, 0.2) is 0 Å². The molecule has 26 heavy (non-hydrogen) atoms. The fourth-order valence-electron chi connectivity index (χ4n) is 2.37. The molecule has 1 amide bonds. The van der Waals surface area contributed by atoms with Gasteiger partial charge in [-0.3, -0.25) is 9.59 Å². The van der Waals surface area contributed by atoms with Gasteiger partial charge < -0.3 is 16.0 Å². The number of thiophene rings is 1. The standard InChI is InChI=1S/C17H19N5O2S2/c1-8-9(2)26-17-14(8)16(24)21-13(22-17)7-25-10(3)15(23)20-11-4-5-12(18)19-6-11/h4-6,10H,7H2,1-3H3,(H2,18,19)(H,20,23)(H,21,22,24). The zero-order valence-electron chi connectivity index (χ0n) is 14.6. The number of hydrogen-bond donors (Lipinski definition) is 3. The Hall–Kier alpha value is -2.39. The SMILES string of the molecule is Cc1sc2nc(CSC(C)C(=O)Nc3ccc(N)nc3)[nH]c(=O)c2c1C. The first-order valence-electron chi connectivity index (χ1n) is 7.98. The summed E-state index contributed by atoms with van der Waals surface area (Å²) >= 11 is 2.92. The third-order valence-electron chi connectivity index (χ3n) is 3.98. The molecule has 0 aliphatic carbocycles. The van der Waals surface area contributed by atoms with E-state index in [1.165, 1.54) is 29.3 Å². The van der Waals surface area contributed by atoms with Gasteiger partial charge in [0.05, 0.1) is 28.3 Å². The van der Waals surface area contributed by atoms with E-state index in [1.807, 2.05) is 13.8 Å². The van der Waals surface area contributed by atoms with E-state index in [9.17, 15) is 9.59 Å². The predicted octanol–water partition coefficient (Wildman–Crippen LogP) is 2.84. The fraction of sp³-hybridized carbons (Fsp3) is 0.294. The number of aromatic nitrogens is 3. The number of thioether (sulfide) groups is 1. The molecule has 0 saturated heterocycles. The average Bonchev–Trinajstić information content (AvgIpc) is 2.89. The molecule has 1 unspecified atom stereocenters. The Morgan fingerprint density at radius 1 is 1.42 bits per heavy atom. The Kier molecular flexibility index (Phi) is 5.28. The zero-order chi connectivity index (χ0) is 18.8. The van der Waals surface area contributed by atoms with Crippen molar-refractivity contribution < 1.29 is 4.79 Å². The Labute approximate surface area is 158 Å².